The van der Waals surface area contributed by atoms with Gasteiger partial charge in [-0.05, 0) is 25.8 Å². The maximum atomic E-state index is 12.4. The zero-order valence-electron chi connectivity index (χ0n) is 10.9. The summed E-state index contributed by atoms with van der Waals surface area (Å²) in [6, 6.07) is 0. The van der Waals surface area contributed by atoms with E-state index in [-0.39, 0.29) is 5.91 Å². The summed E-state index contributed by atoms with van der Waals surface area (Å²) < 4.78 is 0. The van der Waals surface area contributed by atoms with Crippen LogP contribution in [-0.2, 0) is 4.79 Å². The minimum atomic E-state index is -1.34. The molecule has 1 aliphatic heterocycles. The number of hydrogen-bond acceptors (Lipinski definition) is 5. The van der Waals surface area contributed by atoms with Gasteiger partial charge in [0.25, 0.3) is 0 Å². The molecule has 6 nitrogen and oxygen atoms in total. The highest BCUT2D eigenvalue weighted by Gasteiger charge is 2.41. The first-order valence-corrected chi connectivity index (χ1v) is 6.44. The molecule has 6 heteroatoms. The van der Waals surface area contributed by atoms with Gasteiger partial charge in [-0.2, -0.15) is 0 Å². The lowest BCUT2D eigenvalue weighted by Gasteiger charge is -2.39. The summed E-state index contributed by atoms with van der Waals surface area (Å²) in [6.45, 7) is 1.98. The molecular formula is C12H24N2O4. The van der Waals surface area contributed by atoms with Crippen molar-refractivity contribution in [2.24, 2.45) is 5.41 Å². The maximum Gasteiger partial charge on any atom is 0.228 e. The van der Waals surface area contributed by atoms with E-state index in [0.717, 1.165) is 19.4 Å². The first-order valence-electron chi connectivity index (χ1n) is 6.44. The van der Waals surface area contributed by atoms with E-state index < -0.39 is 30.8 Å². The van der Waals surface area contributed by atoms with Gasteiger partial charge in [-0.15, -0.1) is 0 Å². The van der Waals surface area contributed by atoms with Gasteiger partial charge in [-0.1, -0.05) is 6.92 Å². The van der Waals surface area contributed by atoms with E-state index in [0.29, 0.717) is 13.0 Å². The monoisotopic (exact) mass is 260 g/mol. The van der Waals surface area contributed by atoms with Crippen LogP contribution in [0.3, 0.4) is 0 Å². The van der Waals surface area contributed by atoms with Crippen LogP contribution in [-0.4, -0.2) is 59.7 Å². The Morgan fingerprint density at radius 1 is 1.33 bits per heavy atom. The Kier molecular flexibility index (Phi) is 5.52. The van der Waals surface area contributed by atoms with Crippen molar-refractivity contribution >= 4 is 5.91 Å². The highest BCUT2D eigenvalue weighted by molar-refractivity contribution is 5.83. The Balaban J connectivity index is 2.78. The number of carbonyl (C=O) groups is 1. The third-order valence-corrected chi connectivity index (χ3v) is 3.92. The minimum Gasteiger partial charge on any atom is -0.394 e. The molecule has 0 radical (unpaired) electrons. The number of hydrogen-bond donors (Lipinski definition) is 5. The zero-order chi connectivity index (χ0) is 13.6. The van der Waals surface area contributed by atoms with Gasteiger partial charge in [-0.25, -0.2) is 0 Å². The first-order chi connectivity index (χ1) is 8.58. The van der Waals surface area contributed by atoms with E-state index in [1.165, 1.54) is 0 Å². The van der Waals surface area contributed by atoms with Crippen LogP contribution >= 0.6 is 0 Å². The van der Waals surface area contributed by atoms with Crippen molar-refractivity contribution in [1.29, 1.82) is 0 Å². The molecule has 18 heavy (non-hydrogen) atoms. The Labute approximate surface area is 107 Å². The summed E-state index contributed by atoms with van der Waals surface area (Å²) in [7, 11) is 0. The summed E-state index contributed by atoms with van der Waals surface area (Å²) in [5.41, 5.74) is -1.85. The largest absolute Gasteiger partial charge is 0.394 e. The van der Waals surface area contributed by atoms with Crippen LogP contribution in [0.5, 0.6) is 0 Å². The fourth-order valence-electron chi connectivity index (χ4n) is 2.27. The second-order valence-corrected chi connectivity index (χ2v) is 5.12. The van der Waals surface area contributed by atoms with Gasteiger partial charge in [0.05, 0.1) is 25.2 Å². The normalized spacial score (nSPS) is 24.9. The molecule has 1 unspecified atom stereocenters. The van der Waals surface area contributed by atoms with Crippen LogP contribution in [0.4, 0.5) is 0 Å². The number of aliphatic hydroxyl groups is 3. The Bertz CT molecular complexity index is 265. The lowest BCUT2D eigenvalue weighted by Crippen LogP contribution is -2.62. The van der Waals surface area contributed by atoms with Gasteiger partial charge in [0.2, 0.25) is 5.91 Å². The SMILES string of the molecule is CCC1(C(=O)NC(CO)(CO)CO)CCCNC1. The fraction of sp³-hybridized carbons (Fsp3) is 0.917. The smallest absolute Gasteiger partial charge is 0.228 e. The molecule has 0 spiro atoms. The molecule has 0 aromatic carbocycles. The van der Waals surface area contributed by atoms with Gasteiger partial charge < -0.3 is 26.0 Å². The van der Waals surface area contributed by atoms with Crippen molar-refractivity contribution in [3.63, 3.8) is 0 Å². The van der Waals surface area contributed by atoms with E-state index in [1.54, 1.807) is 0 Å². The molecule has 0 saturated carbocycles. The predicted molar refractivity (Wildman–Crippen MR) is 67.0 cm³/mol. The Morgan fingerprint density at radius 2 is 1.94 bits per heavy atom. The molecule has 1 amide bonds. The van der Waals surface area contributed by atoms with Gasteiger partial charge >= 0.3 is 0 Å². The first kappa shape index (κ1) is 15.4. The number of nitrogens with one attached hydrogen (secondary N) is 2. The highest BCUT2D eigenvalue weighted by atomic mass is 16.3. The molecule has 1 atom stereocenters. The van der Waals surface area contributed by atoms with E-state index in [1.807, 2.05) is 6.92 Å². The van der Waals surface area contributed by atoms with Crippen molar-refractivity contribution in [3.05, 3.63) is 0 Å². The maximum absolute atomic E-state index is 12.4. The topological polar surface area (TPSA) is 102 Å². The van der Waals surface area contributed by atoms with Crippen LogP contribution in [0.25, 0.3) is 0 Å². The molecule has 106 valence electrons. The molecule has 1 heterocycles. The Hall–Kier alpha value is -0.690. The van der Waals surface area contributed by atoms with Crippen LogP contribution < -0.4 is 10.6 Å². The predicted octanol–water partition coefficient (Wildman–Crippen LogP) is -1.40. The number of amides is 1. The van der Waals surface area contributed by atoms with Crippen LogP contribution in [0.15, 0.2) is 0 Å². The van der Waals surface area contributed by atoms with E-state index >= 15 is 0 Å². The lowest BCUT2D eigenvalue weighted by molar-refractivity contribution is -0.136. The Morgan fingerprint density at radius 3 is 2.33 bits per heavy atom. The minimum absolute atomic E-state index is 0.214. The van der Waals surface area contributed by atoms with Crippen LogP contribution in [0.1, 0.15) is 26.2 Å². The molecule has 1 fully saturated rings. The number of piperidine rings is 1. The summed E-state index contributed by atoms with van der Waals surface area (Å²) in [4.78, 5) is 12.4. The van der Waals surface area contributed by atoms with Crippen LogP contribution in [0.2, 0.25) is 0 Å². The van der Waals surface area contributed by atoms with E-state index in [9.17, 15) is 20.1 Å². The van der Waals surface area contributed by atoms with Crippen molar-refractivity contribution in [2.75, 3.05) is 32.9 Å². The van der Waals surface area contributed by atoms with Crippen molar-refractivity contribution < 1.29 is 20.1 Å². The van der Waals surface area contributed by atoms with Gasteiger partial charge in [0.15, 0.2) is 0 Å². The summed E-state index contributed by atoms with van der Waals surface area (Å²) >= 11 is 0. The second-order valence-electron chi connectivity index (χ2n) is 5.12. The molecule has 0 bridgehead atoms. The molecule has 0 aromatic rings. The summed E-state index contributed by atoms with van der Waals surface area (Å²) in [5, 5.41) is 33.5. The number of aliphatic hydroxyl groups excluding tert-OH is 3. The van der Waals surface area contributed by atoms with Crippen molar-refractivity contribution in [2.45, 2.75) is 31.7 Å². The second kappa shape index (κ2) is 6.47. The summed E-state index contributed by atoms with van der Waals surface area (Å²) in [5.74, 6) is -0.214. The molecule has 5 N–H and O–H groups in total. The average molecular weight is 260 g/mol. The van der Waals surface area contributed by atoms with E-state index in [2.05, 4.69) is 10.6 Å². The third kappa shape index (κ3) is 3.00. The number of carbonyl (C=O) groups excluding carboxylic acids is 1. The molecule has 1 rings (SSSR count). The van der Waals surface area contributed by atoms with Crippen molar-refractivity contribution in [1.82, 2.24) is 10.6 Å². The lowest BCUT2D eigenvalue weighted by atomic mass is 9.77. The van der Waals surface area contributed by atoms with Gasteiger partial charge in [0.1, 0.15) is 5.54 Å². The zero-order valence-corrected chi connectivity index (χ0v) is 10.9. The molecule has 0 aliphatic carbocycles. The van der Waals surface area contributed by atoms with Crippen LogP contribution in [0, 0.1) is 5.41 Å². The summed E-state index contributed by atoms with van der Waals surface area (Å²) in [6.07, 6.45) is 2.39. The number of rotatable bonds is 6. The molecule has 1 aliphatic rings. The average Bonchev–Trinajstić information content (AvgIpc) is 2.45. The van der Waals surface area contributed by atoms with Crippen molar-refractivity contribution in [3.8, 4) is 0 Å². The van der Waals surface area contributed by atoms with Gasteiger partial charge in [-0.3, -0.25) is 4.79 Å². The molecular weight excluding hydrogens is 236 g/mol. The standard InChI is InChI=1S/C12H24N2O4/c1-2-11(4-3-5-13-6-11)10(18)14-12(7-15,8-16)9-17/h13,15-17H,2-9H2,1H3,(H,14,18). The molecule has 1 saturated heterocycles. The quantitative estimate of drug-likeness (QED) is 0.404. The molecule has 0 aromatic heterocycles. The third-order valence-electron chi connectivity index (χ3n) is 3.92. The highest BCUT2D eigenvalue weighted by Crippen LogP contribution is 2.30. The van der Waals surface area contributed by atoms with Gasteiger partial charge in [0, 0.05) is 6.54 Å². The fourth-order valence-corrected chi connectivity index (χ4v) is 2.27. The van der Waals surface area contributed by atoms with E-state index in [4.69, 9.17) is 0 Å².